The van der Waals surface area contributed by atoms with Crippen molar-refractivity contribution in [3.63, 3.8) is 0 Å². The van der Waals surface area contributed by atoms with Crippen LogP contribution in [0.5, 0.6) is 0 Å². The van der Waals surface area contributed by atoms with Crippen LogP contribution in [0.2, 0.25) is 0 Å². The second-order valence-corrected chi connectivity index (χ2v) is 12.0. The van der Waals surface area contributed by atoms with Crippen LogP contribution in [-0.4, -0.2) is 47.3 Å². The zero-order chi connectivity index (χ0) is 21.0. The first kappa shape index (κ1) is 19.7. The summed E-state index contributed by atoms with van der Waals surface area (Å²) in [6.07, 6.45) is 0. The van der Waals surface area contributed by atoms with Crippen molar-refractivity contribution < 1.29 is 13.2 Å². The van der Waals surface area contributed by atoms with Crippen LogP contribution < -0.4 is 4.90 Å². The molecule has 154 valence electrons. The summed E-state index contributed by atoms with van der Waals surface area (Å²) in [4.78, 5) is 22.4. The molecule has 2 atom stereocenters. The summed E-state index contributed by atoms with van der Waals surface area (Å²) in [5.41, 5.74) is 4.03. The van der Waals surface area contributed by atoms with Gasteiger partial charge in [0, 0.05) is 23.4 Å². The molecule has 2 aliphatic heterocycles. The summed E-state index contributed by atoms with van der Waals surface area (Å²) in [6.45, 7) is 3.48. The van der Waals surface area contributed by atoms with Gasteiger partial charge in [-0.1, -0.05) is 17.8 Å². The topological polar surface area (TPSA) is 79.7 Å². The van der Waals surface area contributed by atoms with Gasteiger partial charge in [0.15, 0.2) is 15.0 Å². The van der Waals surface area contributed by atoms with Crippen LogP contribution >= 0.6 is 23.1 Å². The lowest BCUT2D eigenvalue weighted by molar-refractivity contribution is -0.115. The minimum atomic E-state index is -3.08. The Bertz CT molecular complexity index is 1300. The average molecular weight is 458 g/mol. The lowest BCUT2D eigenvalue weighted by Crippen LogP contribution is -2.37. The van der Waals surface area contributed by atoms with Crippen LogP contribution in [0.25, 0.3) is 20.8 Å². The maximum absolute atomic E-state index is 12.1. The molecular formula is C21H19N3O3S3. The predicted molar refractivity (Wildman–Crippen MR) is 124 cm³/mol. The van der Waals surface area contributed by atoms with Gasteiger partial charge in [-0.15, -0.1) is 11.3 Å². The van der Waals surface area contributed by atoms with Gasteiger partial charge in [0.1, 0.15) is 5.01 Å². The Hall–Kier alpha value is -2.23. The lowest BCUT2D eigenvalue weighted by atomic mass is 10.1. The Labute approximate surface area is 183 Å². The quantitative estimate of drug-likeness (QED) is 0.581. The van der Waals surface area contributed by atoms with Gasteiger partial charge in [0.25, 0.3) is 0 Å². The Morgan fingerprint density at radius 1 is 1.17 bits per heavy atom. The summed E-state index contributed by atoms with van der Waals surface area (Å²) in [7, 11) is -3.08. The number of hydrogen-bond donors (Lipinski definition) is 0. The molecule has 9 heteroatoms. The molecule has 0 aliphatic carbocycles. The van der Waals surface area contributed by atoms with Gasteiger partial charge in [-0.25, -0.2) is 13.4 Å². The van der Waals surface area contributed by atoms with E-state index in [0.717, 1.165) is 26.5 Å². The number of benzene rings is 2. The number of thiazole rings is 1. The molecule has 0 N–H and O–H groups in total. The number of thioether (sulfide) groups is 1. The summed E-state index contributed by atoms with van der Waals surface area (Å²) >= 11 is 3.04. The molecule has 1 aromatic heterocycles. The predicted octanol–water partition coefficient (Wildman–Crippen LogP) is 3.89. The van der Waals surface area contributed by atoms with E-state index in [1.807, 2.05) is 35.2 Å². The van der Waals surface area contributed by atoms with Crippen molar-refractivity contribution in [2.75, 3.05) is 16.4 Å². The van der Waals surface area contributed by atoms with Crippen molar-refractivity contribution in [2.45, 2.75) is 25.1 Å². The molecule has 1 amide bonds. The number of anilines is 1. The van der Waals surface area contributed by atoms with Gasteiger partial charge in [-0.05, 0) is 48.9 Å². The number of nitrogens with zero attached hydrogens (tertiary/aromatic N) is 3. The number of carbonyl (C=O) groups is 1. The second-order valence-electron chi connectivity index (χ2n) is 7.62. The van der Waals surface area contributed by atoms with Crippen LogP contribution in [0.4, 0.5) is 5.69 Å². The van der Waals surface area contributed by atoms with Crippen molar-refractivity contribution in [3.8, 4) is 10.6 Å². The van der Waals surface area contributed by atoms with E-state index in [0.29, 0.717) is 5.17 Å². The zero-order valence-corrected chi connectivity index (χ0v) is 18.9. The minimum Gasteiger partial charge on any atom is -0.316 e. The van der Waals surface area contributed by atoms with E-state index in [-0.39, 0.29) is 28.7 Å². The Morgan fingerprint density at radius 2 is 1.93 bits per heavy atom. The molecule has 0 saturated carbocycles. The van der Waals surface area contributed by atoms with E-state index in [2.05, 4.69) is 24.0 Å². The molecule has 2 fully saturated rings. The first-order chi connectivity index (χ1) is 14.3. The fraction of sp³-hybridized carbons (Fsp3) is 0.286. The molecule has 0 spiro atoms. The molecule has 3 aromatic rings. The van der Waals surface area contributed by atoms with E-state index in [1.165, 1.54) is 24.2 Å². The lowest BCUT2D eigenvalue weighted by Gasteiger charge is -2.24. The maximum Gasteiger partial charge on any atom is 0.244 e. The van der Waals surface area contributed by atoms with Crippen molar-refractivity contribution in [1.29, 1.82) is 0 Å². The van der Waals surface area contributed by atoms with Gasteiger partial charge in [0.2, 0.25) is 5.91 Å². The molecule has 0 bridgehead atoms. The minimum absolute atomic E-state index is 0.0839. The molecule has 0 radical (unpaired) electrons. The van der Waals surface area contributed by atoms with Crippen LogP contribution in [0.1, 0.15) is 12.5 Å². The summed E-state index contributed by atoms with van der Waals surface area (Å²) in [6, 6.07) is 13.9. The van der Waals surface area contributed by atoms with E-state index >= 15 is 0 Å². The van der Waals surface area contributed by atoms with Gasteiger partial charge >= 0.3 is 0 Å². The Kier molecular flexibility index (Phi) is 4.72. The standard InChI is InChI=1S/C21H19N3O3S3/c1-12-3-8-16-18(9-12)28-20(23-16)14-4-6-15(7-5-14)24-17-10-30(26,27)11-19(17)29-21(24)22-13(2)25/h3-9,17,19H,10-11H2,1-2H3/t17-,19+/m0/s1. The molecule has 6 nitrogen and oxygen atoms in total. The summed E-state index contributed by atoms with van der Waals surface area (Å²) in [5, 5.41) is 1.42. The third kappa shape index (κ3) is 3.55. The highest BCUT2D eigenvalue weighted by Gasteiger charge is 2.49. The number of fused-ring (bicyclic) bond motifs is 2. The van der Waals surface area contributed by atoms with Gasteiger partial charge in [0.05, 0.1) is 27.8 Å². The fourth-order valence-corrected chi connectivity index (χ4v) is 8.95. The maximum atomic E-state index is 12.1. The van der Waals surface area contributed by atoms with E-state index in [1.54, 1.807) is 11.3 Å². The first-order valence-corrected chi connectivity index (χ1v) is 13.0. The number of amidine groups is 1. The molecule has 30 heavy (non-hydrogen) atoms. The number of rotatable bonds is 2. The van der Waals surface area contributed by atoms with Crippen molar-refractivity contribution in [2.24, 2.45) is 4.99 Å². The molecule has 3 heterocycles. The third-order valence-corrected chi connectivity index (χ3v) is 9.53. The van der Waals surface area contributed by atoms with Crippen molar-refractivity contribution in [3.05, 3.63) is 48.0 Å². The highest BCUT2D eigenvalue weighted by Crippen LogP contribution is 2.41. The van der Waals surface area contributed by atoms with Gasteiger partial charge in [-0.3, -0.25) is 4.79 Å². The molecular weight excluding hydrogens is 438 g/mol. The molecule has 2 aliphatic rings. The number of aryl methyl sites for hydroxylation is 1. The van der Waals surface area contributed by atoms with Crippen LogP contribution in [-0.2, 0) is 14.6 Å². The number of aliphatic imine (C=N–C) groups is 1. The number of aromatic nitrogens is 1. The normalized spacial score (nSPS) is 23.9. The van der Waals surface area contributed by atoms with E-state index < -0.39 is 9.84 Å². The smallest absolute Gasteiger partial charge is 0.244 e. The molecule has 2 saturated heterocycles. The van der Waals surface area contributed by atoms with Crippen LogP contribution in [0.15, 0.2) is 47.5 Å². The van der Waals surface area contributed by atoms with E-state index in [9.17, 15) is 13.2 Å². The molecule has 5 rings (SSSR count). The Balaban J connectivity index is 1.50. The molecule has 2 aromatic carbocycles. The zero-order valence-electron chi connectivity index (χ0n) is 16.4. The first-order valence-electron chi connectivity index (χ1n) is 9.52. The number of amides is 1. The van der Waals surface area contributed by atoms with Gasteiger partial charge < -0.3 is 4.90 Å². The number of sulfone groups is 1. The second kappa shape index (κ2) is 7.18. The average Bonchev–Trinajstić information content (AvgIpc) is 3.30. The summed E-state index contributed by atoms with van der Waals surface area (Å²) in [5.74, 6) is -0.0776. The fourth-order valence-electron chi connectivity index (χ4n) is 3.92. The largest absolute Gasteiger partial charge is 0.316 e. The Morgan fingerprint density at radius 3 is 2.67 bits per heavy atom. The highest BCUT2D eigenvalue weighted by molar-refractivity contribution is 8.16. The van der Waals surface area contributed by atoms with Crippen molar-refractivity contribution in [1.82, 2.24) is 4.98 Å². The number of hydrogen-bond acceptors (Lipinski definition) is 6. The van der Waals surface area contributed by atoms with Crippen LogP contribution in [0.3, 0.4) is 0 Å². The highest BCUT2D eigenvalue weighted by atomic mass is 32.2. The van der Waals surface area contributed by atoms with Gasteiger partial charge in [-0.2, -0.15) is 4.99 Å². The van der Waals surface area contributed by atoms with Crippen LogP contribution in [0, 0.1) is 6.92 Å². The third-order valence-electron chi connectivity index (χ3n) is 5.26. The van der Waals surface area contributed by atoms with E-state index in [4.69, 9.17) is 4.98 Å². The SMILES string of the molecule is CC(=O)N=C1S[C@@H]2CS(=O)(=O)C[C@@H]2N1c1ccc(-c2nc3ccc(C)cc3s2)cc1. The monoisotopic (exact) mass is 457 g/mol. The molecule has 0 unspecified atom stereocenters. The van der Waals surface area contributed by atoms with Crippen molar-refractivity contribution >= 4 is 59.9 Å². The number of carbonyl (C=O) groups excluding carboxylic acids is 1. The summed E-state index contributed by atoms with van der Waals surface area (Å²) < 4.78 is 25.4.